The molecule has 0 unspecified atom stereocenters. The smallest absolute Gasteiger partial charge is 0.0457 e. The maximum atomic E-state index is 6.71. The van der Waals surface area contributed by atoms with Crippen LogP contribution >= 0.6 is 11.6 Å². The highest BCUT2D eigenvalue weighted by Gasteiger charge is 2.15. The minimum Gasteiger partial charge on any atom is -0.305 e. The molecule has 0 spiro atoms. The Kier molecular flexibility index (Phi) is 8.02. The lowest BCUT2D eigenvalue weighted by Crippen LogP contribution is -2.28. The first-order valence-electron chi connectivity index (χ1n) is 11.8. The molecule has 2 aromatic rings. The molecule has 0 aliphatic carbocycles. The monoisotopic (exact) mass is 440 g/mol. The molecular formula is C26H37ClN4. The van der Waals surface area contributed by atoms with Crippen LogP contribution < -0.4 is 0 Å². The Morgan fingerprint density at radius 2 is 1.23 bits per heavy atom. The third kappa shape index (κ3) is 6.53. The van der Waals surface area contributed by atoms with Gasteiger partial charge in [-0.15, -0.1) is 0 Å². The summed E-state index contributed by atoms with van der Waals surface area (Å²) in [6, 6.07) is 15.6. The number of halogens is 1. The van der Waals surface area contributed by atoms with Crippen molar-refractivity contribution in [2.45, 2.75) is 25.9 Å². The highest BCUT2D eigenvalue weighted by atomic mass is 35.5. The molecule has 2 aliphatic rings. The van der Waals surface area contributed by atoms with Gasteiger partial charge in [0, 0.05) is 44.3 Å². The van der Waals surface area contributed by atoms with E-state index >= 15 is 0 Å². The van der Waals surface area contributed by atoms with Crippen molar-refractivity contribution in [1.29, 1.82) is 0 Å². The normalized spacial score (nSPS) is 20.5. The van der Waals surface area contributed by atoms with Gasteiger partial charge in [0.15, 0.2) is 0 Å². The molecular weight excluding hydrogens is 404 g/mol. The first-order valence-corrected chi connectivity index (χ1v) is 12.1. The summed E-state index contributed by atoms with van der Waals surface area (Å²) in [6.45, 7) is 11.3. The van der Waals surface area contributed by atoms with Crippen molar-refractivity contribution in [2.24, 2.45) is 0 Å². The summed E-state index contributed by atoms with van der Waals surface area (Å²) >= 11 is 6.71. The van der Waals surface area contributed by atoms with E-state index in [0.717, 1.165) is 50.8 Å². The van der Waals surface area contributed by atoms with E-state index in [-0.39, 0.29) is 0 Å². The average Bonchev–Trinajstić information content (AvgIpc) is 3.10. The second-order valence-electron chi connectivity index (χ2n) is 9.37. The number of benzene rings is 2. The fourth-order valence-corrected chi connectivity index (χ4v) is 4.91. The molecule has 168 valence electrons. The third-order valence-corrected chi connectivity index (χ3v) is 7.12. The quantitative estimate of drug-likeness (QED) is 0.687. The molecule has 4 rings (SSSR count). The fraction of sp³-hybridized carbons (Fsp3) is 0.538. The van der Waals surface area contributed by atoms with E-state index in [0.29, 0.717) is 0 Å². The maximum absolute atomic E-state index is 6.71. The number of hydrogen-bond donors (Lipinski definition) is 0. The molecule has 0 N–H and O–H groups in total. The highest BCUT2D eigenvalue weighted by Crippen LogP contribution is 2.27. The van der Waals surface area contributed by atoms with Gasteiger partial charge in [-0.2, -0.15) is 0 Å². The number of hydrogen-bond acceptors (Lipinski definition) is 4. The summed E-state index contributed by atoms with van der Waals surface area (Å²) in [5.74, 6) is 0. The summed E-state index contributed by atoms with van der Waals surface area (Å²) in [6.07, 6.45) is 2.49. The molecule has 2 saturated heterocycles. The van der Waals surface area contributed by atoms with E-state index in [2.05, 4.69) is 76.2 Å². The van der Waals surface area contributed by atoms with Gasteiger partial charge in [0.1, 0.15) is 0 Å². The van der Waals surface area contributed by atoms with Crippen molar-refractivity contribution in [3.8, 4) is 11.1 Å². The average molecular weight is 441 g/mol. The van der Waals surface area contributed by atoms with Crippen molar-refractivity contribution in [2.75, 3.05) is 66.5 Å². The van der Waals surface area contributed by atoms with Crippen LogP contribution in [0.4, 0.5) is 0 Å². The molecule has 0 aromatic heterocycles. The number of likely N-dealkylation sites (N-methyl/N-ethyl adjacent to an activating group) is 2. The van der Waals surface area contributed by atoms with Gasteiger partial charge < -0.3 is 9.80 Å². The van der Waals surface area contributed by atoms with Gasteiger partial charge in [-0.3, -0.25) is 9.80 Å². The van der Waals surface area contributed by atoms with Gasteiger partial charge in [0.05, 0.1) is 0 Å². The summed E-state index contributed by atoms with van der Waals surface area (Å²) in [7, 11) is 4.43. The predicted octanol–water partition coefficient (Wildman–Crippen LogP) is 4.28. The van der Waals surface area contributed by atoms with Crippen LogP contribution in [0.2, 0.25) is 5.02 Å². The molecule has 2 fully saturated rings. The lowest BCUT2D eigenvalue weighted by Gasteiger charge is -2.21. The minimum absolute atomic E-state index is 0.882. The van der Waals surface area contributed by atoms with E-state index < -0.39 is 0 Å². The maximum Gasteiger partial charge on any atom is 0.0457 e. The fourth-order valence-electron chi connectivity index (χ4n) is 4.67. The Morgan fingerprint density at radius 3 is 1.84 bits per heavy atom. The lowest BCUT2D eigenvalue weighted by molar-refractivity contribution is 0.269. The first-order chi connectivity index (χ1) is 15.1. The Bertz CT molecular complexity index is 838. The zero-order valence-corrected chi connectivity index (χ0v) is 19.9. The molecule has 0 saturated carbocycles. The molecule has 0 bridgehead atoms. The second-order valence-corrected chi connectivity index (χ2v) is 9.78. The van der Waals surface area contributed by atoms with Crippen LogP contribution in [-0.4, -0.2) is 86.1 Å². The Labute approximate surface area is 193 Å². The van der Waals surface area contributed by atoms with Crippen LogP contribution in [0.3, 0.4) is 0 Å². The van der Waals surface area contributed by atoms with Crippen molar-refractivity contribution in [3.05, 3.63) is 58.6 Å². The van der Waals surface area contributed by atoms with Crippen molar-refractivity contribution in [1.82, 2.24) is 19.6 Å². The SMILES string of the molecule is CN1CCCN(Cc2ccc(-c3ccc(CN4CCCN(C)CC4)c(Cl)c3)cc2)CC1. The van der Waals surface area contributed by atoms with Crippen molar-refractivity contribution in [3.63, 3.8) is 0 Å². The van der Waals surface area contributed by atoms with E-state index in [1.807, 2.05) is 0 Å². The molecule has 2 aromatic carbocycles. The lowest BCUT2D eigenvalue weighted by atomic mass is 10.0. The standard InChI is InChI=1S/C26H37ClN4/c1-28-11-3-13-30(17-15-28)20-22-5-7-23(8-6-22)24-9-10-25(26(27)19-24)21-31-14-4-12-29(2)16-18-31/h5-10,19H,3-4,11-18,20-21H2,1-2H3. The van der Waals surface area contributed by atoms with Crippen LogP contribution in [0.5, 0.6) is 0 Å². The second kappa shape index (κ2) is 10.9. The molecule has 2 heterocycles. The third-order valence-electron chi connectivity index (χ3n) is 6.76. The van der Waals surface area contributed by atoms with Crippen LogP contribution in [0, 0.1) is 0 Å². The highest BCUT2D eigenvalue weighted by molar-refractivity contribution is 6.31. The number of nitrogens with zero attached hydrogens (tertiary/aromatic N) is 4. The largest absolute Gasteiger partial charge is 0.305 e. The Morgan fingerprint density at radius 1 is 0.645 bits per heavy atom. The first kappa shape index (κ1) is 22.8. The molecule has 4 nitrogen and oxygen atoms in total. The molecule has 0 atom stereocenters. The number of rotatable bonds is 5. The van der Waals surface area contributed by atoms with Gasteiger partial charge in [0.25, 0.3) is 0 Å². The van der Waals surface area contributed by atoms with E-state index in [4.69, 9.17) is 11.6 Å². The summed E-state index contributed by atoms with van der Waals surface area (Å²) in [5, 5.41) is 0.882. The van der Waals surface area contributed by atoms with Gasteiger partial charge in [0.2, 0.25) is 0 Å². The Hall–Kier alpha value is -1.43. The summed E-state index contributed by atoms with van der Waals surface area (Å²) < 4.78 is 0. The van der Waals surface area contributed by atoms with Gasteiger partial charge >= 0.3 is 0 Å². The molecule has 5 heteroatoms. The van der Waals surface area contributed by atoms with Crippen LogP contribution in [0.1, 0.15) is 24.0 Å². The van der Waals surface area contributed by atoms with Gasteiger partial charge in [-0.1, -0.05) is 48.0 Å². The molecule has 2 aliphatic heterocycles. The molecule has 31 heavy (non-hydrogen) atoms. The molecule has 0 amide bonds. The van der Waals surface area contributed by atoms with Crippen LogP contribution in [-0.2, 0) is 13.1 Å². The van der Waals surface area contributed by atoms with Crippen LogP contribution in [0.15, 0.2) is 42.5 Å². The van der Waals surface area contributed by atoms with Gasteiger partial charge in [-0.25, -0.2) is 0 Å². The topological polar surface area (TPSA) is 13.0 Å². The molecule has 0 radical (unpaired) electrons. The minimum atomic E-state index is 0.882. The summed E-state index contributed by atoms with van der Waals surface area (Å²) in [5.41, 5.74) is 5.07. The van der Waals surface area contributed by atoms with E-state index in [1.54, 1.807) is 0 Å². The Balaban J connectivity index is 1.37. The van der Waals surface area contributed by atoms with Crippen molar-refractivity contribution >= 4 is 11.6 Å². The zero-order chi connectivity index (χ0) is 21.6. The van der Waals surface area contributed by atoms with E-state index in [1.165, 1.54) is 54.7 Å². The zero-order valence-electron chi connectivity index (χ0n) is 19.2. The predicted molar refractivity (Wildman–Crippen MR) is 132 cm³/mol. The van der Waals surface area contributed by atoms with E-state index in [9.17, 15) is 0 Å². The summed E-state index contributed by atoms with van der Waals surface area (Å²) in [4.78, 5) is 9.95. The van der Waals surface area contributed by atoms with Crippen molar-refractivity contribution < 1.29 is 0 Å². The van der Waals surface area contributed by atoms with Crippen LogP contribution in [0.25, 0.3) is 11.1 Å². The van der Waals surface area contributed by atoms with Gasteiger partial charge in [-0.05, 0) is 81.4 Å².